The van der Waals surface area contributed by atoms with Crippen LogP contribution in [0, 0.1) is 5.82 Å². The van der Waals surface area contributed by atoms with E-state index in [4.69, 9.17) is 4.98 Å². The number of imide groups is 1. The van der Waals surface area contributed by atoms with E-state index in [1.807, 2.05) is 49.4 Å². The van der Waals surface area contributed by atoms with E-state index >= 15 is 4.39 Å². The van der Waals surface area contributed by atoms with E-state index in [9.17, 15) is 19.2 Å². The molecular weight excluding hydrogens is 682 g/mol. The average Bonchev–Trinajstić information content (AvgIpc) is 3.47. The molecule has 4 amide bonds. The molecule has 2 saturated heterocycles. The van der Waals surface area contributed by atoms with Gasteiger partial charge in [0.2, 0.25) is 11.8 Å². The van der Waals surface area contributed by atoms with E-state index in [1.165, 1.54) is 17.4 Å². The fraction of sp³-hybridized carbons (Fsp3) is 0.308. The van der Waals surface area contributed by atoms with Gasteiger partial charge in [-0.2, -0.15) is 0 Å². The maximum absolute atomic E-state index is 15.5. The number of amides is 4. The van der Waals surface area contributed by atoms with Crippen LogP contribution in [0.4, 0.5) is 15.8 Å². The molecule has 1 unspecified atom stereocenters. The molecule has 2 fully saturated rings. The minimum Gasteiger partial charge on any atom is -0.381 e. The SMILES string of the molecule is C[C@@H]1CNc2c(sc3ccc4nc(-c5ccc(C(=O)NCCN6CCN(c7ccc(C8CCC(=O)NC8=O)cc7)CC6)cc5F)ccc4c23)C(=O)N1. The number of hydrogen-bond acceptors (Lipinski definition) is 9. The fourth-order valence-electron chi connectivity index (χ4n) is 7.33. The van der Waals surface area contributed by atoms with E-state index in [0.717, 1.165) is 58.6 Å². The fourth-order valence-corrected chi connectivity index (χ4v) is 8.43. The lowest BCUT2D eigenvalue weighted by molar-refractivity contribution is -0.134. The van der Waals surface area contributed by atoms with Crippen molar-refractivity contribution in [3.05, 3.63) is 88.6 Å². The number of fused-ring (bicyclic) bond motifs is 5. The number of nitrogens with zero attached hydrogens (tertiary/aromatic N) is 3. The van der Waals surface area contributed by atoms with Crippen molar-refractivity contribution in [1.82, 2.24) is 25.8 Å². The molecule has 0 saturated carbocycles. The zero-order chi connectivity index (χ0) is 35.9. The number of aromatic nitrogens is 1. The Kier molecular flexibility index (Phi) is 9.06. The van der Waals surface area contributed by atoms with Gasteiger partial charge in [-0.25, -0.2) is 9.37 Å². The summed E-state index contributed by atoms with van der Waals surface area (Å²) in [6.45, 7) is 7.00. The van der Waals surface area contributed by atoms with E-state index in [2.05, 4.69) is 31.1 Å². The first-order valence-electron chi connectivity index (χ1n) is 17.6. The number of halogens is 1. The lowest BCUT2D eigenvalue weighted by Gasteiger charge is -2.36. The van der Waals surface area contributed by atoms with Gasteiger partial charge >= 0.3 is 0 Å². The van der Waals surface area contributed by atoms with Gasteiger partial charge < -0.3 is 20.9 Å². The number of pyridine rings is 1. The van der Waals surface area contributed by atoms with Gasteiger partial charge in [0.15, 0.2) is 0 Å². The van der Waals surface area contributed by atoms with Crippen LogP contribution in [0.25, 0.3) is 32.2 Å². The van der Waals surface area contributed by atoms with Crippen LogP contribution < -0.4 is 26.2 Å². The molecule has 3 aliphatic heterocycles. The predicted octanol–water partition coefficient (Wildman–Crippen LogP) is 4.87. The van der Waals surface area contributed by atoms with E-state index in [0.29, 0.717) is 54.1 Å². The van der Waals surface area contributed by atoms with Crippen LogP contribution in [0.1, 0.15) is 51.3 Å². The van der Waals surface area contributed by atoms with Crippen LogP contribution in [0.5, 0.6) is 0 Å². The molecule has 3 aromatic carbocycles. The lowest BCUT2D eigenvalue weighted by Crippen LogP contribution is -2.48. The van der Waals surface area contributed by atoms with Crippen molar-refractivity contribution < 1.29 is 23.6 Å². The highest BCUT2D eigenvalue weighted by molar-refractivity contribution is 7.21. The van der Waals surface area contributed by atoms with Gasteiger partial charge in [-0.05, 0) is 73.5 Å². The molecule has 4 N–H and O–H groups in total. The van der Waals surface area contributed by atoms with Gasteiger partial charge in [0.25, 0.3) is 11.8 Å². The maximum atomic E-state index is 15.5. The first-order valence-corrected chi connectivity index (χ1v) is 18.4. The predicted molar refractivity (Wildman–Crippen MR) is 200 cm³/mol. The Morgan fingerprint density at radius 2 is 1.81 bits per heavy atom. The second-order valence-corrected chi connectivity index (χ2v) is 14.7. The van der Waals surface area contributed by atoms with Crippen LogP contribution in [0.2, 0.25) is 0 Å². The Morgan fingerprint density at radius 3 is 2.58 bits per heavy atom. The summed E-state index contributed by atoms with van der Waals surface area (Å²) in [6, 6.07) is 20.0. The highest BCUT2D eigenvalue weighted by Crippen LogP contribution is 2.41. The zero-order valence-electron chi connectivity index (χ0n) is 28.6. The van der Waals surface area contributed by atoms with Crippen LogP contribution in [-0.2, 0) is 9.59 Å². The number of piperidine rings is 1. The van der Waals surface area contributed by atoms with Gasteiger partial charge in [0.05, 0.1) is 22.8 Å². The largest absolute Gasteiger partial charge is 0.381 e. The molecule has 5 heterocycles. The molecule has 8 rings (SSSR count). The molecule has 0 spiro atoms. The van der Waals surface area contributed by atoms with Crippen molar-refractivity contribution in [2.24, 2.45) is 0 Å². The molecule has 0 aliphatic carbocycles. The van der Waals surface area contributed by atoms with E-state index in [-0.39, 0.29) is 41.2 Å². The molecule has 13 heteroatoms. The monoisotopic (exact) mass is 719 g/mol. The zero-order valence-corrected chi connectivity index (χ0v) is 29.4. The number of piperazine rings is 1. The topological polar surface area (TPSA) is 136 Å². The van der Waals surface area contributed by atoms with Gasteiger partial charge in [-0.3, -0.25) is 29.4 Å². The maximum Gasteiger partial charge on any atom is 0.263 e. The standard InChI is InChI=1S/C39H38FN7O4S/c1-22-21-42-35-34-28-8-10-30(44-31(28)11-12-32(34)52-36(35)39(51)43-22)27-7-4-24(20-29(27)40)37(49)41-14-15-46-16-18-47(19-17-46)25-5-2-23(3-6-25)26-9-13-33(48)45-38(26)50/h2-8,10-12,20,22,26,42H,9,13-19,21H2,1H3,(H,41,49)(H,43,51)(H,45,48,50)/t22-,26?/m1/s1. The third-order valence-corrected chi connectivity index (χ3v) is 11.3. The number of carbonyl (C=O) groups is 4. The molecule has 2 atom stereocenters. The second kappa shape index (κ2) is 14.0. The van der Waals surface area contributed by atoms with E-state index in [1.54, 1.807) is 18.2 Å². The second-order valence-electron chi connectivity index (χ2n) is 13.6. The van der Waals surface area contributed by atoms with Crippen molar-refractivity contribution in [3.8, 4) is 11.3 Å². The summed E-state index contributed by atoms with van der Waals surface area (Å²) in [5.41, 5.74) is 4.51. The number of anilines is 2. The quantitative estimate of drug-likeness (QED) is 0.175. The van der Waals surface area contributed by atoms with Gasteiger partial charge in [-0.1, -0.05) is 12.1 Å². The van der Waals surface area contributed by atoms with Crippen molar-refractivity contribution in [2.75, 3.05) is 56.0 Å². The summed E-state index contributed by atoms with van der Waals surface area (Å²) >= 11 is 1.44. The summed E-state index contributed by atoms with van der Waals surface area (Å²) in [6.07, 6.45) is 0.891. The minimum absolute atomic E-state index is 0.00386. The molecule has 0 radical (unpaired) electrons. The number of carbonyl (C=O) groups excluding carboxylic acids is 4. The average molecular weight is 720 g/mol. The third kappa shape index (κ3) is 6.57. The van der Waals surface area contributed by atoms with Gasteiger partial charge in [0, 0.05) is 90.6 Å². The highest BCUT2D eigenvalue weighted by Gasteiger charge is 2.28. The molecule has 2 aromatic heterocycles. The van der Waals surface area contributed by atoms with Crippen LogP contribution >= 0.6 is 11.3 Å². The molecule has 52 heavy (non-hydrogen) atoms. The Balaban J connectivity index is 0.858. The van der Waals surface area contributed by atoms with E-state index < -0.39 is 5.82 Å². The number of benzene rings is 3. The summed E-state index contributed by atoms with van der Waals surface area (Å²) in [7, 11) is 0. The Hall–Kier alpha value is -5.40. The molecule has 5 aromatic rings. The molecule has 3 aliphatic rings. The van der Waals surface area contributed by atoms with Gasteiger partial charge in [-0.15, -0.1) is 11.3 Å². The number of rotatable bonds is 7. The van der Waals surface area contributed by atoms with Crippen molar-refractivity contribution in [2.45, 2.75) is 31.7 Å². The molecule has 266 valence electrons. The van der Waals surface area contributed by atoms with Gasteiger partial charge in [0.1, 0.15) is 10.7 Å². The van der Waals surface area contributed by atoms with Crippen molar-refractivity contribution in [3.63, 3.8) is 0 Å². The Labute approximate surface area is 303 Å². The first kappa shape index (κ1) is 33.7. The highest BCUT2D eigenvalue weighted by atomic mass is 32.1. The number of nitrogens with one attached hydrogen (secondary N) is 4. The summed E-state index contributed by atoms with van der Waals surface area (Å²) in [5, 5.41) is 13.6. The summed E-state index contributed by atoms with van der Waals surface area (Å²) < 4.78 is 16.4. The molecule has 0 bridgehead atoms. The third-order valence-electron chi connectivity index (χ3n) is 10.2. The smallest absolute Gasteiger partial charge is 0.263 e. The lowest BCUT2D eigenvalue weighted by atomic mass is 9.90. The Bertz CT molecular complexity index is 2230. The number of thiophene rings is 1. The molecule has 11 nitrogen and oxygen atoms in total. The first-order chi connectivity index (χ1) is 25.2. The van der Waals surface area contributed by atoms with Crippen molar-refractivity contribution >= 4 is 67.3 Å². The minimum atomic E-state index is -0.529. The normalized spacial score (nSPS) is 19.5. The van der Waals surface area contributed by atoms with Crippen LogP contribution in [0.15, 0.2) is 66.7 Å². The molecular formula is C39H38FN7O4S. The summed E-state index contributed by atoms with van der Waals surface area (Å²) in [5.74, 6) is -1.69. The number of hydrogen-bond donors (Lipinski definition) is 4. The Morgan fingerprint density at radius 1 is 1.00 bits per heavy atom. The summed E-state index contributed by atoms with van der Waals surface area (Å²) in [4.78, 5) is 59.4. The van der Waals surface area contributed by atoms with Crippen LogP contribution in [0.3, 0.4) is 0 Å². The van der Waals surface area contributed by atoms with Crippen molar-refractivity contribution in [1.29, 1.82) is 0 Å². The van der Waals surface area contributed by atoms with Crippen LogP contribution in [-0.4, -0.2) is 85.4 Å².